The van der Waals surface area contributed by atoms with Crippen molar-refractivity contribution in [3.63, 3.8) is 0 Å². The Kier molecular flexibility index (Phi) is 6.34. The van der Waals surface area contributed by atoms with Crippen LogP contribution in [-0.4, -0.2) is 81.3 Å². The van der Waals surface area contributed by atoms with Crippen LogP contribution in [0.3, 0.4) is 0 Å². The molecular weight excluding hydrogens is 420 g/mol. The van der Waals surface area contributed by atoms with Gasteiger partial charge in [-0.2, -0.15) is 9.97 Å². The lowest BCUT2D eigenvalue weighted by atomic mass is 10.0. The summed E-state index contributed by atoms with van der Waals surface area (Å²) < 4.78 is 7.59. The first-order chi connectivity index (χ1) is 14.8. The highest BCUT2D eigenvalue weighted by Crippen LogP contribution is 2.28. The molecule has 2 saturated heterocycles. The molecule has 4 heterocycles. The molecule has 0 saturated carbocycles. The van der Waals surface area contributed by atoms with Crippen molar-refractivity contribution in [2.24, 2.45) is 5.73 Å². The van der Waals surface area contributed by atoms with E-state index in [9.17, 15) is 4.79 Å². The Hall–Kier alpha value is -2.01. The Bertz CT molecular complexity index is 956. The smallest absolute Gasteiger partial charge is 0.237 e. The first-order valence-corrected chi connectivity index (χ1v) is 11.2. The minimum Gasteiger partial charge on any atom is -0.378 e. The number of imidazole rings is 1. The largest absolute Gasteiger partial charge is 0.378 e. The number of primary amides is 1. The van der Waals surface area contributed by atoms with E-state index in [2.05, 4.69) is 36.6 Å². The first-order valence-electron chi connectivity index (χ1n) is 10.8. The Morgan fingerprint density at radius 3 is 2.68 bits per heavy atom. The molecule has 2 aliphatic heterocycles. The topological polar surface area (TPSA) is 114 Å². The Labute approximate surface area is 187 Å². The van der Waals surface area contributed by atoms with E-state index in [0.717, 1.165) is 62.0 Å². The number of halogens is 1. The van der Waals surface area contributed by atoms with Gasteiger partial charge in [0.05, 0.1) is 25.3 Å². The molecule has 0 aliphatic carbocycles. The number of carbonyl (C=O) groups excluding carboxylic acids is 1. The molecule has 0 radical (unpaired) electrons. The minimum absolute atomic E-state index is 0.208. The molecule has 1 atom stereocenters. The first kappa shape index (κ1) is 22.2. The Morgan fingerprint density at radius 2 is 2.00 bits per heavy atom. The van der Waals surface area contributed by atoms with Crippen LogP contribution in [0.15, 0.2) is 0 Å². The summed E-state index contributed by atoms with van der Waals surface area (Å²) in [4.78, 5) is 30.1. The van der Waals surface area contributed by atoms with Gasteiger partial charge in [0.1, 0.15) is 5.82 Å². The van der Waals surface area contributed by atoms with Crippen LogP contribution in [-0.2, 0) is 22.6 Å². The van der Waals surface area contributed by atoms with Gasteiger partial charge in [0.15, 0.2) is 17.0 Å². The maximum Gasteiger partial charge on any atom is 0.237 e. The van der Waals surface area contributed by atoms with E-state index >= 15 is 0 Å². The fourth-order valence-corrected chi connectivity index (χ4v) is 4.49. The highest BCUT2D eigenvalue weighted by Gasteiger charge is 2.32. The number of aromatic nitrogens is 4. The average molecular weight is 451 g/mol. The van der Waals surface area contributed by atoms with Gasteiger partial charge in [0.25, 0.3) is 0 Å². The number of likely N-dealkylation sites (tertiary alicyclic amines) is 1. The van der Waals surface area contributed by atoms with E-state index in [4.69, 9.17) is 27.1 Å². The zero-order chi connectivity index (χ0) is 22.2. The number of amides is 1. The van der Waals surface area contributed by atoms with Gasteiger partial charge in [-0.25, -0.2) is 4.98 Å². The predicted octanol–water partition coefficient (Wildman–Crippen LogP) is 0.764. The van der Waals surface area contributed by atoms with Gasteiger partial charge in [-0.15, -0.1) is 0 Å². The molecule has 2 fully saturated rings. The van der Waals surface area contributed by atoms with Crippen molar-refractivity contribution in [1.82, 2.24) is 29.7 Å². The van der Waals surface area contributed by atoms with Gasteiger partial charge < -0.3 is 19.9 Å². The van der Waals surface area contributed by atoms with Crippen LogP contribution < -0.4 is 16.0 Å². The zero-order valence-electron chi connectivity index (χ0n) is 18.4. The summed E-state index contributed by atoms with van der Waals surface area (Å²) in [6, 6.07) is 0.208. The maximum atomic E-state index is 11.7. The van der Waals surface area contributed by atoms with Crippen molar-refractivity contribution >= 4 is 34.5 Å². The normalized spacial score (nSPS) is 20.6. The molecule has 2 aliphatic rings. The van der Waals surface area contributed by atoms with Crippen molar-refractivity contribution in [2.45, 2.75) is 51.9 Å². The number of aryl methyl sites for hydroxylation is 1. The van der Waals surface area contributed by atoms with Crippen molar-refractivity contribution in [1.29, 1.82) is 0 Å². The van der Waals surface area contributed by atoms with Crippen LogP contribution in [0.25, 0.3) is 11.2 Å². The number of carbonyl (C=O) groups is 1. The standard InChI is InChI=1S/C20H31ClN8O2/c1-4-29-14(12-27-6-5-13(11-27)26-20(2,3)18(22)30)23-15-16(24-19(21)25-17(15)29)28-7-9-31-10-8-28/h13,26H,4-12H2,1-3H3,(H2,22,30). The fourth-order valence-electron chi connectivity index (χ4n) is 4.33. The number of hydrogen-bond acceptors (Lipinski definition) is 8. The molecule has 4 rings (SSSR count). The van der Waals surface area contributed by atoms with E-state index in [1.807, 2.05) is 13.8 Å². The number of fused-ring (bicyclic) bond motifs is 1. The van der Waals surface area contributed by atoms with Gasteiger partial charge >= 0.3 is 0 Å². The number of morpholine rings is 1. The second-order valence-electron chi connectivity index (χ2n) is 8.71. The molecule has 170 valence electrons. The average Bonchev–Trinajstić information content (AvgIpc) is 3.31. The predicted molar refractivity (Wildman–Crippen MR) is 119 cm³/mol. The van der Waals surface area contributed by atoms with Crippen LogP contribution in [0.4, 0.5) is 5.82 Å². The highest BCUT2D eigenvalue weighted by molar-refractivity contribution is 6.28. The van der Waals surface area contributed by atoms with Gasteiger partial charge in [0.2, 0.25) is 11.2 Å². The van der Waals surface area contributed by atoms with E-state index in [-0.39, 0.29) is 17.2 Å². The Balaban J connectivity index is 1.56. The molecule has 2 aromatic rings. The van der Waals surface area contributed by atoms with Crippen molar-refractivity contribution in [3.8, 4) is 0 Å². The van der Waals surface area contributed by atoms with Gasteiger partial charge in [0, 0.05) is 38.8 Å². The third-order valence-electron chi connectivity index (χ3n) is 6.07. The van der Waals surface area contributed by atoms with E-state index in [0.29, 0.717) is 19.8 Å². The van der Waals surface area contributed by atoms with Crippen LogP contribution in [0.1, 0.15) is 33.0 Å². The highest BCUT2D eigenvalue weighted by atomic mass is 35.5. The van der Waals surface area contributed by atoms with Crippen molar-refractivity contribution in [2.75, 3.05) is 44.3 Å². The second kappa shape index (κ2) is 8.85. The second-order valence-corrected chi connectivity index (χ2v) is 9.05. The summed E-state index contributed by atoms with van der Waals surface area (Å²) in [5.74, 6) is 1.37. The van der Waals surface area contributed by atoms with Crippen molar-refractivity contribution < 1.29 is 9.53 Å². The van der Waals surface area contributed by atoms with Crippen molar-refractivity contribution in [3.05, 3.63) is 11.1 Å². The minimum atomic E-state index is -0.726. The number of ether oxygens (including phenoxy) is 1. The monoisotopic (exact) mass is 450 g/mol. The fraction of sp³-hybridized carbons (Fsp3) is 0.700. The quantitative estimate of drug-likeness (QED) is 0.594. The summed E-state index contributed by atoms with van der Waals surface area (Å²) in [7, 11) is 0. The molecule has 0 bridgehead atoms. The maximum absolute atomic E-state index is 11.7. The van der Waals surface area contributed by atoms with Crippen LogP contribution >= 0.6 is 11.6 Å². The summed E-state index contributed by atoms with van der Waals surface area (Å²) in [5.41, 5.74) is 6.34. The van der Waals surface area contributed by atoms with E-state index < -0.39 is 5.54 Å². The molecule has 3 N–H and O–H groups in total. The third kappa shape index (κ3) is 4.62. The number of nitrogens with one attached hydrogen (secondary N) is 1. The Morgan fingerprint density at radius 1 is 1.26 bits per heavy atom. The molecule has 31 heavy (non-hydrogen) atoms. The lowest BCUT2D eigenvalue weighted by molar-refractivity contribution is -0.123. The number of nitrogens with two attached hydrogens (primary N) is 1. The van der Waals surface area contributed by atoms with Crippen LogP contribution in [0.2, 0.25) is 5.28 Å². The van der Waals surface area contributed by atoms with Gasteiger partial charge in [-0.3, -0.25) is 15.0 Å². The summed E-state index contributed by atoms with van der Waals surface area (Å²) in [5, 5.41) is 3.61. The molecule has 10 nitrogen and oxygen atoms in total. The molecular formula is C20H31ClN8O2. The molecule has 0 spiro atoms. The SMILES string of the molecule is CCn1c(CN2CCC(NC(C)(C)C(N)=O)C2)nc2c(N3CCOCC3)nc(Cl)nc21. The number of hydrogen-bond donors (Lipinski definition) is 2. The lowest BCUT2D eigenvalue weighted by Crippen LogP contribution is -2.55. The number of nitrogens with zero attached hydrogens (tertiary/aromatic N) is 6. The molecule has 2 aromatic heterocycles. The van der Waals surface area contributed by atoms with E-state index in [1.54, 1.807) is 0 Å². The van der Waals surface area contributed by atoms with Crippen LogP contribution in [0.5, 0.6) is 0 Å². The lowest BCUT2D eigenvalue weighted by Gasteiger charge is -2.27. The van der Waals surface area contributed by atoms with Gasteiger partial charge in [-0.05, 0) is 38.8 Å². The van der Waals surface area contributed by atoms with E-state index in [1.165, 1.54) is 0 Å². The zero-order valence-corrected chi connectivity index (χ0v) is 19.2. The molecule has 0 aromatic carbocycles. The van der Waals surface area contributed by atoms with Crippen LogP contribution in [0, 0.1) is 0 Å². The third-order valence-corrected chi connectivity index (χ3v) is 6.24. The summed E-state index contributed by atoms with van der Waals surface area (Å²) >= 11 is 6.28. The molecule has 11 heteroatoms. The molecule has 1 unspecified atom stereocenters. The number of rotatable bonds is 7. The number of anilines is 1. The summed E-state index contributed by atoms with van der Waals surface area (Å²) in [6.07, 6.45) is 0.952. The molecule has 1 amide bonds. The van der Waals surface area contributed by atoms with Gasteiger partial charge in [-0.1, -0.05) is 0 Å². The summed E-state index contributed by atoms with van der Waals surface area (Å²) in [6.45, 7) is 11.7.